The van der Waals surface area contributed by atoms with E-state index in [1.54, 1.807) is 4.90 Å². The molecule has 2 saturated heterocycles. The molecule has 0 aromatic heterocycles. The smallest absolute Gasteiger partial charge is 0.254 e. The van der Waals surface area contributed by atoms with Crippen LogP contribution in [0.2, 0.25) is 0 Å². The normalized spacial score (nSPS) is 26.6. The number of carbonyl (C=O) groups excluding carboxylic acids is 1. The summed E-state index contributed by atoms with van der Waals surface area (Å²) in [6.07, 6.45) is 3.11. The zero-order chi connectivity index (χ0) is 17.7. The second-order valence-corrected chi connectivity index (χ2v) is 10.3. The van der Waals surface area contributed by atoms with Crippen LogP contribution in [-0.2, 0) is 14.6 Å². The number of carbonyl (C=O) groups is 1. The summed E-state index contributed by atoms with van der Waals surface area (Å²) in [7, 11) is -3.17. The lowest BCUT2D eigenvalue weighted by molar-refractivity contribution is 0.0228. The molecule has 0 bridgehead atoms. The number of hydrogen-bond donors (Lipinski definition) is 0. The highest BCUT2D eigenvalue weighted by atomic mass is 32.2. The molecule has 1 amide bonds. The Morgan fingerprint density at radius 2 is 1.92 bits per heavy atom. The van der Waals surface area contributed by atoms with Crippen molar-refractivity contribution in [2.45, 2.75) is 30.9 Å². The number of sulfone groups is 1. The third-order valence-corrected chi connectivity index (χ3v) is 8.65. The first-order valence-electron chi connectivity index (χ1n) is 9.08. The van der Waals surface area contributed by atoms with Crippen LogP contribution in [-0.4, -0.2) is 56.0 Å². The molecule has 25 heavy (non-hydrogen) atoms. The van der Waals surface area contributed by atoms with Crippen molar-refractivity contribution in [3.8, 4) is 0 Å². The lowest BCUT2D eigenvalue weighted by Gasteiger charge is -2.50. The first-order chi connectivity index (χ1) is 11.9. The fourth-order valence-electron chi connectivity index (χ4n) is 4.10. The molecule has 6 heteroatoms. The number of likely N-dealkylation sites (tertiary alicyclic amines) is 1. The summed E-state index contributed by atoms with van der Waals surface area (Å²) < 4.78 is 30.3. The summed E-state index contributed by atoms with van der Waals surface area (Å²) in [5.74, 6) is 0.840. The number of aryl methyl sites for hydroxylation is 1. The summed E-state index contributed by atoms with van der Waals surface area (Å²) in [4.78, 5) is 14.4. The van der Waals surface area contributed by atoms with Crippen molar-refractivity contribution in [2.75, 3.05) is 32.1 Å². The van der Waals surface area contributed by atoms with Crippen molar-refractivity contribution in [3.05, 3.63) is 35.4 Å². The number of ether oxygens (including phenoxy) is 1. The Bertz CT molecular complexity index is 778. The van der Waals surface area contributed by atoms with Crippen molar-refractivity contribution in [1.82, 2.24) is 4.90 Å². The van der Waals surface area contributed by atoms with Gasteiger partial charge in [-0.1, -0.05) is 18.2 Å². The van der Waals surface area contributed by atoms with Gasteiger partial charge in [-0.05, 0) is 43.7 Å². The van der Waals surface area contributed by atoms with E-state index in [4.69, 9.17) is 4.74 Å². The maximum Gasteiger partial charge on any atom is 0.254 e. The van der Waals surface area contributed by atoms with Gasteiger partial charge in [-0.25, -0.2) is 8.42 Å². The Kier molecular flexibility index (Phi) is 4.15. The van der Waals surface area contributed by atoms with Crippen molar-refractivity contribution in [1.29, 1.82) is 0 Å². The molecule has 136 valence electrons. The summed E-state index contributed by atoms with van der Waals surface area (Å²) >= 11 is 0. The van der Waals surface area contributed by atoms with Gasteiger partial charge in [-0.15, -0.1) is 0 Å². The van der Waals surface area contributed by atoms with E-state index in [9.17, 15) is 13.2 Å². The number of benzene rings is 1. The Morgan fingerprint density at radius 3 is 2.60 bits per heavy atom. The van der Waals surface area contributed by atoms with Gasteiger partial charge in [0.25, 0.3) is 5.91 Å². The van der Waals surface area contributed by atoms with Gasteiger partial charge in [0, 0.05) is 31.2 Å². The molecule has 2 aliphatic heterocycles. The molecule has 0 N–H and O–H groups in total. The fourth-order valence-corrected chi connectivity index (χ4v) is 6.50. The van der Waals surface area contributed by atoms with Crippen LogP contribution in [0.1, 0.15) is 35.2 Å². The van der Waals surface area contributed by atoms with E-state index < -0.39 is 14.6 Å². The van der Waals surface area contributed by atoms with Crippen molar-refractivity contribution >= 4 is 15.7 Å². The van der Waals surface area contributed by atoms with Crippen LogP contribution in [0.15, 0.2) is 24.3 Å². The molecule has 0 radical (unpaired) electrons. The van der Waals surface area contributed by atoms with Gasteiger partial charge in [0.2, 0.25) is 0 Å². The summed E-state index contributed by atoms with van der Waals surface area (Å²) in [5.41, 5.74) is 1.58. The number of amides is 1. The van der Waals surface area contributed by atoms with Gasteiger partial charge in [0.05, 0.1) is 12.4 Å². The topological polar surface area (TPSA) is 63.7 Å². The monoisotopic (exact) mass is 363 g/mol. The highest BCUT2D eigenvalue weighted by Crippen LogP contribution is 2.45. The molecule has 3 fully saturated rings. The molecular weight excluding hydrogens is 338 g/mol. The van der Waals surface area contributed by atoms with Crippen LogP contribution in [0.5, 0.6) is 0 Å². The molecule has 1 aliphatic carbocycles. The van der Waals surface area contributed by atoms with Gasteiger partial charge in [0.1, 0.15) is 4.75 Å². The number of hydrogen-bond acceptors (Lipinski definition) is 4. The maximum absolute atomic E-state index is 12.7. The predicted molar refractivity (Wildman–Crippen MR) is 95.3 cm³/mol. The highest BCUT2D eigenvalue weighted by molar-refractivity contribution is 7.93. The highest BCUT2D eigenvalue weighted by Gasteiger charge is 2.62. The predicted octanol–water partition coefficient (Wildman–Crippen LogP) is 2.05. The van der Waals surface area contributed by atoms with Gasteiger partial charge in [0.15, 0.2) is 9.84 Å². The van der Waals surface area contributed by atoms with E-state index in [1.165, 1.54) is 12.8 Å². The van der Waals surface area contributed by atoms with Crippen molar-refractivity contribution < 1.29 is 17.9 Å². The minimum atomic E-state index is -3.17. The van der Waals surface area contributed by atoms with E-state index in [0.29, 0.717) is 37.6 Å². The second kappa shape index (κ2) is 6.09. The Hall–Kier alpha value is -1.40. The summed E-state index contributed by atoms with van der Waals surface area (Å²) in [5, 5.41) is 0. The molecule has 5 nitrogen and oxygen atoms in total. The van der Waals surface area contributed by atoms with E-state index in [0.717, 1.165) is 12.2 Å². The minimum absolute atomic E-state index is 0.0113. The molecule has 1 aromatic carbocycles. The van der Waals surface area contributed by atoms with E-state index in [1.807, 2.05) is 31.2 Å². The average molecular weight is 363 g/mol. The van der Waals surface area contributed by atoms with Crippen LogP contribution in [0, 0.1) is 18.8 Å². The van der Waals surface area contributed by atoms with Crippen molar-refractivity contribution in [3.63, 3.8) is 0 Å². The lowest BCUT2D eigenvalue weighted by Crippen LogP contribution is -2.68. The molecule has 1 atom stereocenters. The number of rotatable bonds is 5. The second-order valence-electron chi connectivity index (χ2n) is 7.83. The van der Waals surface area contributed by atoms with Gasteiger partial charge >= 0.3 is 0 Å². The third-order valence-electron chi connectivity index (χ3n) is 6.05. The zero-order valence-electron chi connectivity index (χ0n) is 14.6. The van der Waals surface area contributed by atoms with Crippen molar-refractivity contribution in [2.24, 2.45) is 11.8 Å². The largest absolute Gasteiger partial charge is 0.381 e. The first kappa shape index (κ1) is 17.0. The van der Waals surface area contributed by atoms with Gasteiger partial charge < -0.3 is 9.64 Å². The van der Waals surface area contributed by atoms with Crippen LogP contribution < -0.4 is 0 Å². The SMILES string of the molecule is Cc1ccccc1C(=O)N1CC2(C1)[C@@H](COCC1CC1)CCS2(=O)=O. The first-order valence-corrected chi connectivity index (χ1v) is 10.7. The molecule has 1 saturated carbocycles. The standard InChI is InChI=1S/C19H25NO4S/c1-14-4-2-3-5-17(14)18(21)20-12-19(13-20)16(8-9-25(19,22)23)11-24-10-15-6-7-15/h2-5,15-16H,6-13H2,1H3/t16-/m1/s1. The third kappa shape index (κ3) is 2.89. The lowest BCUT2D eigenvalue weighted by atomic mass is 9.83. The van der Waals surface area contributed by atoms with E-state index in [-0.39, 0.29) is 17.6 Å². The van der Waals surface area contributed by atoms with Crippen LogP contribution in [0.25, 0.3) is 0 Å². The van der Waals surface area contributed by atoms with Crippen LogP contribution in [0.4, 0.5) is 0 Å². The van der Waals surface area contributed by atoms with E-state index in [2.05, 4.69) is 0 Å². The number of nitrogens with zero attached hydrogens (tertiary/aromatic N) is 1. The average Bonchev–Trinajstić information content (AvgIpc) is 3.30. The van der Waals surface area contributed by atoms with Gasteiger partial charge in [-0.2, -0.15) is 0 Å². The molecule has 1 spiro atoms. The minimum Gasteiger partial charge on any atom is -0.381 e. The van der Waals surface area contributed by atoms with Crippen LogP contribution >= 0.6 is 0 Å². The maximum atomic E-state index is 12.7. The van der Waals surface area contributed by atoms with E-state index >= 15 is 0 Å². The Balaban J connectivity index is 1.45. The van der Waals surface area contributed by atoms with Gasteiger partial charge in [-0.3, -0.25) is 4.79 Å². The fraction of sp³-hybridized carbons (Fsp3) is 0.632. The molecule has 4 rings (SSSR count). The molecule has 1 aromatic rings. The zero-order valence-corrected chi connectivity index (χ0v) is 15.4. The molecule has 3 aliphatic rings. The quantitative estimate of drug-likeness (QED) is 0.803. The molecule has 0 unspecified atom stereocenters. The van der Waals surface area contributed by atoms with Crippen LogP contribution in [0.3, 0.4) is 0 Å². The summed E-state index contributed by atoms with van der Waals surface area (Å²) in [6, 6.07) is 7.46. The Morgan fingerprint density at radius 1 is 1.20 bits per heavy atom. The summed E-state index contributed by atoms with van der Waals surface area (Å²) in [6.45, 7) is 3.77. The molecule has 2 heterocycles. The Labute approximate surface area is 149 Å². The molecular formula is C19H25NO4S.